The van der Waals surface area contributed by atoms with E-state index in [1.807, 2.05) is 44.2 Å². The number of aryl methyl sites for hydroxylation is 3. The van der Waals surface area contributed by atoms with E-state index in [2.05, 4.69) is 24.4 Å². The molecular formula is C19H23NO2. The van der Waals surface area contributed by atoms with Gasteiger partial charge in [-0.2, -0.15) is 0 Å². The lowest BCUT2D eigenvalue weighted by Crippen LogP contribution is -2.14. The van der Waals surface area contributed by atoms with Crippen LogP contribution >= 0.6 is 0 Å². The molecule has 3 heteroatoms. The lowest BCUT2D eigenvalue weighted by molar-refractivity contribution is -0.116. The Morgan fingerprint density at radius 3 is 2.32 bits per heavy atom. The van der Waals surface area contributed by atoms with E-state index in [1.165, 1.54) is 5.56 Å². The number of nitrogens with one attached hydrogen (secondary N) is 1. The van der Waals surface area contributed by atoms with Crippen LogP contribution in [0.15, 0.2) is 42.5 Å². The molecule has 0 fully saturated rings. The van der Waals surface area contributed by atoms with E-state index in [4.69, 9.17) is 4.74 Å². The van der Waals surface area contributed by atoms with Gasteiger partial charge in [0.05, 0.1) is 6.61 Å². The molecule has 0 aliphatic rings. The van der Waals surface area contributed by atoms with Crippen molar-refractivity contribution in [3.63, 3.8) is 0 Å². The fourth-order valence-corrected chi connectivity index (χ4v) is 2.52. The number of hydrogen-bond acceptors (Lipinski definition) is 2. The second kappa shape index (κ2) is 7.64. The Morgan fingerprint density at radius 1 is 1.05 bits per heavy atom. The zero-order chi connectivity index (χ0) is 15.9. The lowest BCUT2D eigenvalue weighted by atomic mass is 10.0. The van der Waals surface area contributed by atoms with Gasteiger partial charge in [-0.15, -0.1) is 0 Å². The maximum absolute atomic E-state index is 12.0. The fourth-order valence-electron chi connectivity index (χ4n) is 2.52. The van der Waals surface area contributed by atoms with Crippen LogP contribution in [0.25, 0.3) is 0 Å². The van der Waals surface area contributed by atoms with Crippen molar-refractivity contribution in [1.82, 2.24) is 0 Å². The highest BCUT2D eigenvalue weighted by Crippen LogP contribution is 2.22. The van der Waals surface area contributed by atoms with Gasteiger partial charge in [-0.05, 0) is 50.5 Å². The van der Waals surface area contributed by atoms with E-state index in [0.29, 0.717) is 19.4 Å². The van der Waals surface area contributed by atoms with E-state index in [1.54, 1.807) is 0 Å². The van der Waals surface area contributed by atoms with Gasteiger partial charge in [0.1, 0.15) is 5.75 Å². The first-order chi connectivity index (χ1) is 10.6. The van der Waals surface area contributed by atoms with Crippen LogP contribution in [-0.4, -0.2) is 12.5 Å². The Balaban J connectivity index is 1.79. The summed E-state index contributed by atoms with van der Waals surface area (Å²) in [5, 5.41) is 3.01. The molecule has 0 saturated heterocycles. The Labute approximate surface area is 132 Å². The van der Waals surface area contributed by atoms with Gasteiger partial charge in [0.2, 0.25) is 5.91 Å². The molecule has 0 unspecified atom stereocenters. The van der Waals surface area contributed by atoms with Crippen LogP contribution in [0.4, 0.5) is 5.69 Å². The molecule has 0 aliphatic heterocycles. The van der Waals surface area contributed by atoms with Gasteiger partial charge in [0.15, 0.2) is 0 Å². The summed E-state index contributed by atoms with van der Waals surface area (Å²) in [6, 6.07) is 13.8. The van der Waals surface area contributed by atoms with Crippen molar-refractivity contribution in [3.8, 4) is 5.75 Å². The second-order valence-corrected chi connectivity index (χ2v) is 5.59. The SMILES string of the molecule is Cc1cc(C)c(NC(=O)CCCOc2ccccc2)c(C)c1. The summed E-state index contributed by atoms with van der Waals surface area (Å²) < 4.78 is 5.59. The van der Waals surface area contributed by atoms with Crippen LogP contribution in [0.1, 0.15) is 29.5 Å². The summed E-state index contributed by atoms with van der Waals surface area (Å²) in [6.45, 7) is 6.65. The molecule has 3 nitrogen and oxygen atoms in total. The Kier molecular flexibility index (Phi) is 5.59. The van der Waals surface area contributed by atoms with Crippen molar-refractivity contribution in [2.24, 2.45) is 0 Å². The zero-order valence-electron chi connectivity index (χ0n) is 13.5. The molecule has 1 N–H and O–H groups in total. The normalized spacial score (nSPS) is 10.3. The van der Waals surface area contributed by atoms with E-state index >= 15 is 0 Å². The van der Waals surface area contributed by atoms with Gasteiger partial charge in [-0.1, -0.05) is 35.9 Å². The highest BCUT2D eigenvalue weighted by atomic mass is 16.5. The minimum atomic E-state index is 0.0340. The summed E-state index contributed by atoms with van der Waals surface area (Å²) >= 11 is 0. The standard InChI is InChI=1S/C19H23NO2/c1-14-12-15(2)19(16(3)13-14)20-18(21)10-7-11-22-17-8-5-4-6-9-17/h4-6,8-9,12-13H,7,10-11H2,1-3H3,(H,20,21). The molecule has 0 atom stereocenters. The molecule has 0 spiro atoms. The Hall–Kier alpha value is -2.29. The fraction of sp³-hybridized carbons (Fsp3) is 0.316. The third-order valence-corrected chi connectivity index (χ3v) is 3.50. The van der Waals surface area contributed by atoms with Crippen LogP contribution in [0.3, 0.4) is 0 Å². The molecule has 22 heavy (non-hydrogen) atoms. The van der Waals surface area contributed by atoms with Crippen LogP contribution in [0.2, 0.25) is 0 Å². The minimum Gasteiger partial charge on any atom is -0.494 e. The maximum Gasteiger partial charge on any atom is 0.224 e. The number of rotatable bonds is 6. The van der Waals surface area contributed by atoms with Gasteiger partial charge in [0.25, 0.3) is 0 Å². The van der Waals surface area contributed by atoms with Crippen LogP contribution < -0.4 is 10.1 Å². The largest absolute Gasteiger partial charge is 0.494 e. The van der Waals surface area contributed by atoms with Crippen molar-refractivity contribution >= 4 is 11.6 Å². The average molecular weight is 297 g/mol. The molecular weight excluding hydrogens is 274 g/mol. The van der Waals surface area contributed by atoms with E-state index in [-0.39, 0.29) is 5.91 Å². The number of benzene rings is 2. The Morgan fingerprint density at radius 2 is 1.68 bits per heavy atom. The number of anilines is 1. The van der Waals surface area contributed by atoms with Crippen molar-refractivity contribution in [1.29, 1.82) is 0 Å². The number of hydrogen-bond donors (Lipinski definition) is 1. The van der Waals surface area contributed by atoms with Crippen molar-refractivity contribution in [2.45, 2.75) is 33.6 Å². The van der Waals surface area contributed by atoms with Gasteiger partial charge < -0.3 is 10.1 Å². The average Bonchev–Trinajstić information content (AvgIpc) is 2.48. The summed E-state index contributed by atoms with van der Waals surface area (Å²) in [7, 11) is 0. The predicted octanol–water partition coefficient (Wildman–Crippen LogP) is 4.41. The third-order valence-electron chi connectivity index (χ3n) is 3.50. The first kappa shape index (κ1) is 16.1. The number of carbonyl (C=O) groups excluding carboxylic acids is 1. The summed E-state index contributed by atoms with van der Waals surface area (Å²) in [5.41, 5.74) is 4.35. The van der Waals surface area contributed by atoms with Gasteiger partial charge in [-0.3, -0.25) is 4.79 Å². The molecule has 0 heterocycles. The minimum absolute atomic E-state index is 0.0340. The predicted molar refractivity (Wildman–Crippen MR) is 90.5 cm³/mol. The van der Waals surface area contributed by atoms with Crippen LogP contribution in [0, 0.1) is 20.8 Å². The smallest absolute Gasteiger partial charge is 0.224 e. The number of amides is 1. The molecule has 0 radical (unpaired) electrons. The van der Waals surface area contributed by atoms with E-state index in [0.717, 1.165) is 22.6 Å². The van der Waals surface area contributed by atoms with Crippen molar-refractivity contribution in [3.05, 3.63) is 59.2 Å². The van der Waals surface area contributed by atoms with Crippen molar-refractivity contribution in [2.75, 3.05) is 11.9 Å². The molecule has 0 aliphatic carbocycles. The van der Waals surface area contributed by atoms with Gasteiger partial charge in [-0.25, -0.2) is 0 Å². The summed E-state index contributed by atoms with van der Waals surface area (Å²) in [5.74, 6) is 0.875. The number of para-hydroxylation sites is 1. The summed E-state index contributed by atoms with van der Waals surface area (Å²) in [6.07, 6.45) is 1.16. The van der Waals surface area contributed by atoms with E-state index < -0.39 is 0 Å². The molecule has 116 valence electrons. The maximum atomic E-state index is 12.0. The van der Waals surface area contributed by atoms with Crippen LogP contribution in [-0.2, 0) is 4.79 Å². The van der Waals surface area contributed by atoms with Crippen LogP contribution in [0.5, 0.6) is 5.75 Å². The topological polar surface area (TPSA) is 38.3 Å². The highest BCUT2D eigenvalue weighted by Gasteiger charge is 2.08. The molecule has 2 rings (SSSR count). The zero-order valence-corrected chi connectivity index (χ0v) is 13.5. The molecule has 1 amide bonds. The van der Waals surface area contributed by atoms with Crippen molar-refractivity contribution < 1.29 is 9.53 Å². The highest BCUT2D eigenvalue weighted by molar-refractivity contribution is 5.92. The Bertz CT molecular complexity index is 612. The summed E-state index contributed by atoms with van der Waals surface area (Å²) in [4.78, 5) is 12.0. The first-order valence-corrected chi connectivity index (χ1v) is 7.62. The third kappa shape index (κ3) is 4.62. The number of carbonyl (C=O) groups is 1. The molecule has 0 saturated carbocycles. The van der Waals surface area contributed by atoms with Gasteiger partial charge >= 0.3 is 0 Å². The lowest BCUT2D eigenvalue weighted by Gasteiger charge is -2.13. The molecule has 2 aromatic rings. The molecule has 0 aromatic heterocycles. The van der Waals surface area contributed by atoms with Gasteiger partial charge in [0, 0.05) is 12.1 Å². The number of ether oxygens (including phenoxy) is 1. The monoisotopic (exact) mass is 297 g/mol. The van der Waals surface area contributed by atoms with E-state index in [9.17, 15) is 4.79 Å². The molecule has 0 bridgehead atoms. The quantitative estimate of drug-likeness (QED) is 0.802. The second-order valence-electron chi connectivity index (χ2n) is 5.59. The first-order valence-electron chi connectivity index (χ1n) is 7.62. The molecule has 2 aromatic carbocycles.